The van der Waals surface area contributed by atoms with Crippen LogP contribution >= 0.6 is 0 Å². The Morgan fingerprint density at radius 3 is 2.19 bits per heavy atom. The first kappa shape index (κ1) is 15.6. The van der Waals surface area contributed by atoms with Crippen molar-refractivity contribution in [3.05, 3.63) is 65.7 Å². The number of aliphatic hydroxyl groups excluding tert-OH is 1. The number of ether oxygens (including phenoxy) is 1. The molecule has 0 amide bonds. The van der Waals surface area contributed by atoms with Crippen molar-refractivity contribution >= 4 is 0 Å². The maximum atomic E-state index is 9.90. The monoisotopic (exact) mass is 284 g/mol. The molecule has 0 spiro atoms. The van der Waals surface area contributed by atoms with Gasteiger partial charge in [-0.3, -0.25) is 0 Å². The van der Waals surface area contributed by atoms with E-state index in [1.165, 1.54) is 11.1 Å². The van der Waals surface area contributed by atoms with E-state index in [-0.39, 0.29) is 5.92 Å². The first-order valence-electron chi connectivity index (χ1n) is 7.62. The van der Waals surface area contributed by atoms with Gasteiger partial charge < -0.3 is 9.84 Å². The minimum absolute atomic E-state index is 0.266. The molecule has 0 saturated carbocycles. The summed E-state index contributed by atoms with van der Waals surface area (Å²) >= 11 is 0. The van der Waals surface area contributed by atoms with E-state index in [2.05, 4.69) is 43.3 Å². The van der Waals surface area contributed by atoms with Crippen molar-refractivity contribution in [2.24, 2.45) is 5.92 Å². The molecule has 0 fully saturated rings. The molecule has 2 aromatic rings. The fourth-order valence-corrected chi connectivity index (χ4v) is 2.15. The second kappa shape index (κ2) is 7.84. The Hall–Kier alpha value is -1.80. The van der Waals surface area contributed by atoms with Crippen LogP contribution < -0.4 is 4.74 Å². The molecule has 1 N–H and O–H groups in total. The fraction of sp³-hybridized carbons (Fsp3) is 0.368. The van der Waals surface area contributed by atoms with E-state index in [1.54, 1.807) is 0 Å². The van der Waals surface area contributed by atoms with Crippen LogP contribution in [0.15, 0.2) is 54.6 Å². The lowest BCUT2D eigenvalue weighted by atomic mass is 10.0. The third-order valence-corrected chi connectivity index (χ3v) is 3.90. The molecule has 0 heterocycles. The molecule has 0 aliphatic carbocycles. The van der Waals surface area contributed by atoms with Crippen LogP contribution in [0.2, 0.25) is 0 Å². The average Bonchev–Trinajstić information content (AvgIpc) is 2.54. The molecule has 0 aliphatic heterocycles. The standard InChI is InChI=1S/C19H24O2/c1-3-15(2)19(20)14-21-18-11-9-17(10-12-18)13-16-7-5-4-6-8-16/h4-12,15,19-20H,3,13-14H2,1-2H3. The summed E-state index contributed by atoms with van der Waals surface area (Å²) in [6.45, 7) is 4.47. The first-order chi connectivity index (χ1) is 10.2. The minimum Gasteiger partial charge on any atom is -0.491 e. The molecular formula is C19H24O2. The van der Waals surface area contributed by atoms with Gasteiger partial charge in [-0.15, -0.1) is 0 Å². The maximum Gasteiger partial charge on any atom is 0.119 e. The van der Waals surface area contributed by atoms with Crippen molar-refractivity contribution in [3.8, 4) is 5.75 Å². The molecule has 0 aromatic heterocycles. The van der Waals surface area contributed by atoms with Gasteiger partial charge in [0.25, 0.3) is 0 Å². The van der Waals surface area contributed by atoms with Gasteiger partial charge >= 0.3 is 0 Å². The van der Waals surface area contributed by atoms with Gasteiger partial charge in [-0.25, -0.2) is 0 Å². The van der Waals surface area contributed by atoms with Crippen molar-refractivity contribution in [1.29, 1.82) is 0 Å². The molecule has 2 unspecified atom stereocenters. The number of hydrogen-bond acceptors (Lipinski definition) is 2. The van der Waals surface area contributed by atoms with Gasteiger partial charge in [-0.05, 0) is 35.6 Å². The smallest absolute Gasteiger partial charge is 0.119 e. The molecule has 2 heteroatoms. The van der Waals surface area contributed by atoms with Gasteiger partial charge in [-0.2, -0.15) is 0 Å². The first-order valence-corrected chi connectivity index (χ1v) is 7.62. The van der Waals surface area contributed by atoms with Crippen molar-refractivity contribution < 1.29 is 9.84 Å². The lowest BCUT2D eigenvalue weighted by Gasteiger charge is -2.17. The molecule has 0 bridgehead atoms. The van der Waals surface area contributed by atoms with Crippen LogP contribution in [0.5, 0.6) is 5.75 Å². The average molecular weight is 284 g/mol. The van der Waals surface area contributed by atoms with Crippen molar-refractivity contribution in [3.63, 3.8) is 0 Å². The zero-order chi connectivity index (χ0) is 15.1. The Bertz CT molecular complexity index is 519. The topological polar surface area (TPSA) is 29.5 Å². The molecule has 112 valence electrons. The van der Waals surface area contributed by atoms with Gasteiger partial charge in [0.05, 0.1) is 6.10 Å². The Labute approximate surface area is 127 Å². The lowest BCUT2D eigenvalue weighted by Crippen LogP contribution is -2.24. The van der Waals surface area contributed by atoms with Crippen LogP contribution in [0, 0.1) is 5.92 Å². The largest absolute Gasteiger partial charge is 0.491 e. The highest BCUT2D eigenvalue weighted by atomic mass is 16.5. The van der Waals surface area contributed by atoms with Crippen molar-refractivity contribution in [2.75, 3.05) is 6.61 Å². The number of benzene rings is 2. The van der Waals surface area contributed by atoms with Crippen molar-refractivity contribution in [1.82, 2.24) is 0 Å². The molecule has 2 aromatic carbocycles. The van der Waals surface area contributed by atoms with E-state index in [0.29, 0.717) is 6.61 Å². The lowest BCUT2D eigenvalue weighted by molar-refractivity contribution is 0.0622. The van der Waals surface area contributed by atoms with Crippen LogP contribution in [-0.4, -0.2) is 17.8 Å². The highest BCUT2D eigenvalue weighted by molar-refractivity contribution is 5.31. The van der Waals surface area contributed by atoms with Gasteiger partial charge in [0.15, 0.2) is 0 Å². The maximum absolute atomic E-state index is 9.90. The Balaban J connectivity index is 1.87. The molecule has 2 rings (SSSR count). The Morgan fingerprint density at radius 1 is 0.952 bits per heavy atom. The number of rotatable bonds is 7. The Morgan fingerprint density at radius 2 is 1.57 bits per heavy atom. The third kappa shape index (κ3) is 4.91. The minimum atomic E-state index is -0.404. The van der Waals surface area contributed by atoms with Gasteiger partial charge in [0.1, 0.15) is 12.4 Å². The van der Waals surface area contributed by atoms with Crippen LogP contribution in [-0.2, 0) is 6.42 Å². The molecule has 2 nitrogen and oxygen atoms in total. The fourth-order valence-electron chi connectivity index (χ4n) is 2.15. The van der Waals surface area contributed by atoms with Gasteiger partial charge in [0, 0.05) is 0 Å². The van der Waals surface area contributed by atoms with Crippen molar-refractivity contribution in [2.45, 2.75) is 32.8 Å². The second-order valence-corrected chi connectivity index (χ2v) is 5.57. The van der Waals surface area contributed by atoms with Crippen LogP contribution in [0.4, 0.5) is 0 Å². The Kier molecular flexibility index (Phi) is 5.82. The number of aliphatic hydroxyl groups is 1. The molecule has 21 heavy (non-hydrogen) atoms. The van der Waals surface area contributed by atoms with Crippen LogP contribution in [0.25, 0.3) is 0 Å². The molecule has 0 saturated heterocycles. The SMILES string of the molecule is CCC(C)C(O)COc1ccc(Cc2ccccc2)cc1. The summed E-state index contributed by atoms with van der Waals surface area (Å²) < 4.78 is 5.65. The molecule has 0 radical (unpaired) electrons. The number of hydrogen-bond donors (Lipinski definition) is 1. The molecular weight excluding hydrogens is 260 g/mol. The highest BCUT2D eigenvalue weighted by Crippen LogP contribution is 2.16. The van der Waals surface area contributed by atoms with E-state index in [1.807, 2.05) is 25.1 Å². The van der Waals surface area contributed by atoms with Gasteiger partial charge in [0.2, 0.25) is 0 Å². The zero-order valence-electron chi connectivity index (χ0n) is 12.8. The van der Waals surface area contributed by atoms with Gasteiger partial charge in [-0.1, -0.05) is 62.7 Å². The van der Waals surface area contributed by atoms with E-state index < -0.39 is 6.10 Å². The van der Waals surface area contributed by atoms with E-state index in [4.69, 9.17) is 4.74 Å². The predicted octanol–water partition coefficient (Wildman–Crippen LogP) is 4.06. The molecule has 0 aliphatic rings. The summed E-state index contributed by atoms with van der Waals surface area (Å²) in [6, 6.07) is 18.5. The van der Waals surface area contributed by atoms with Crippen LogP contribution in [0.1, 0.15) is 31.4 Å². The van der Waals surface area contributed by atoms with E-state index in [0.717, 1.165) is 18.6 Å². The summed E-state index contributed by atoms with van der Waals surface area (Å²) in [4.78, 5) is 0. The van der Waals surface area contributed by atoms with Crippen LogP contribution in [0.3, 0.4) is 0 Å². The normalized spacial score (nSPS) is 13.7. The summed E-state index contributed by atoms with van der Waals surface area (Å²) in [6.07, 6.45) is 1.48. The quantitative estimate of drug-likeness (QED) is 0.830. The highest BCUT2D eigenvalue weighted by Gasteiger charge is 2.12. The summed E-state index contributed by atoms with van der Waals surface area (Å²) in [5, 5.41) is 9.90. The second-order valence-electron chi connectivity index (χ2n) is 5.57. The predicted molar refractivity (Wildman–Crippen MR) is 86.6 cm³/mol. The van der Waals surface area contributed by atoms with E-state index in [9.17, 15) is 5.11 Å². The zero-order valence-corrected chi connectivity index (χ0v) is 12.8. The summed E-state index contributed by atoms with van der Waals surface area (Å²) in [7, 11) is 0. The summed E-state index contributed by atoms with van der Waals surface area (Å²) in [5.74, 6) is 1.08. The third-order valence-electron chi connectivity index (χ3n) is 3.90. The van der Waals surface area contributed by atoms with E-state index >= 15 is 0 Å². The molecule has 2 atom stereocenters. The summed E-state index contributed by atoms with van der Waals surface area (Å²) in [5.41, 5.74) is 2.56.